The van der Waals surface area contributed by atoms with E-state index in [2.05, 4.69) is 19.2 Å². The molecule has 0 radical (unpaired) electrons. The van der Waals surface area contributed by atoms with Crippen LogP contribution in [0.2, 0.25) is 0 Å². The number of phosphoric ester groups is 1. The average molecular weight is 927 g/mol. The van der Waals surface area contributed by atoms with E-state index in [4.69, 9.17) is 9.05 Å². The van der Waals surface area contributed by atoms with Crippen LogP contribution in [0.5, 0.6) is 0 Å². The van der Waals surface area contributed by atoms with E-state index in [0.29, 0.717) is 17.4 Å². The van der Waals surface area contributed by atoms with Crippen molar-refractivity contribution >= 4 is 13.7 Å². The fourth-order valence-corrected chi connectivity index (χ4v) is 9.29. The first-order valence-corrected chi connectivity index (χ1v) is 29.5. The van der Waals surface area contributed by atoms with Crippen LogP contribution in [-0.2, 0) is 18.4 Å². The second-order valence-corrected chi connectivity index (χ2v) is 22.1. The Morgan fingerprint density at radius 1 is 0.531 bits per heavy atom. The summed E-state index contributed by atoms with van der Waals surface area (Å²) in [7, 11) is 1.28. The van der Waals surface area contributed by atoms with Gasteiger partial charge < -0.3 is 28.8 Å². The molecular formula is C55H111N2O6P. The first kappa shape index (κ1) is 63.2. The maximum Gasteiger partial charge on any atom is 0.268 e. The zero-order chi connectivity index (χ0) is 47.1. The van der Waals surface area contributed by atoms with E-state index in [1.165, 1.54) is 225 Å². The molecule has 2 N–H and O–H groups in total. The second kappa shape index (κ2) is 47.3. The smallest absolute Gasteiger partial charge is 0.268 e. The monoisotopic (exact) mass is 927 g/mol. The number of allylic oxidation sites excluding steroid dienone is 1. The highest BCUT2D eigenvalue weighted by Crippen LogP contribution is 2.38. The first-order valence-electron chi connectivity index (χ1n) is 28.1. The molecule has 0 aromatic carbocycles. The summed E-state index contributed by atoms with van der Waals surface area (Å²) in [5, 5.41) is 13.9. The van der Waals surface area contributed by atoms with Gasteiger partial charge in [-0.1, -0.05) is 270 Å². The zero-order valence-corrected chi connectivity index (χ0v) is 44.4. The number of likely N-dealkylation sites (N-methyl/N-ethyl adjacent to an activating group) is 1. The molecule has 1 amide bonds. The number of carbonyl (C=O) groups is 1. The summed E-state index contributed by atoms with van der Waals surface area (Å²) < 4.78 is 23.3. The average Bonchev–Trinajstić information content (AvgIpc) is 3.25. The van der Waals surface area contributed by atoms with Crippen molar-refractivity contribution in [2.45, 2.75) is 296 Å². The summed E-state index contributed by atoms with van der Waals surface area (Å²) in [5.41, 5.74) is 0. The van der Waals surface area contributed by atoms with E-state index in [-0.39, 0.29) is 19.1 Å². The summed E-state index contributed by atoms with van der Waals surface area (Å²) in [4.78, 5) is 25.5. The van der Waals surface area contributed by atoms with Crippen LogP contribution < -0.4 is 10.2 Å². The Labute approximate surface area is 399 Å². The molecule has 0 aliphatic carbocycles. The number of hydrogen-bond donors (Lipinski definition) is 2. The standard InChI is InChI=1S/C55H111N2O6P/c1-6-8-10-12-14-16-18-20-22-24-26-28-29-31-33-35-37-39-41-43-45-47-49-55(59)56-53(52-63-64(60,61)62-51-50-57(3,4)5)54(58)48-46-44-42-40-38-36-34-32-30-27-25-23-21-19-17-15-13-11-9-7-2/h46,48,53-54,58H,6-45,47,49-52H2,1-5H3,(H-,56,59,60,61)/b48-46+. The predicted octanol–water partition coefficient (Wildman–Crippen LogP) is 16.0. The Kier molecular flexibility index (Phi) is 46.8. The fourth-order valence-electron chi connectivity index (χ4n) is 8.57. The number of phosphoric acid groups is 1. The molecule has 0 aliphatic rings. The Balaban J connectivity index is 4.21. The lowest BCUT2D eigenvalue weighted by molar-refractivity contribution is -0.870. The number of unbranched alkanes of at least 4 members (excludes halogenated alkanes) is 39. The summed E-state index contributed by atoms with van der Waals surface area (Å²) in [6.45, 7) is 4.70. The van der Waals surface area contributed by atoms with E-state index in [9.17, 15) is 19.4 Å². The fraction of sp³-hybridized carbons (Fsp3) is 0.945. The van der Waals surface area contributed by atoms with Gasteiger partial charge in [0.25, 0.3) is 7.82 Å². The minimum Gasteiger partial charge on any atom is -0.756 e. The van der Waals surface area contributed by atoms with Crippen LogP contribution in [-0.4, -0.2) is 68.5 Å². The number of quaternary nitrogens is 1. The van der Waals surface area contributed by atoms with Gasteiger partial charge in [0, 0.05) is 6.42 Å². The summed E-state index contributed by atoms with van der Waals surface area (Å²) in [5.74, 6) is -0.190. The zero-order valence-electron chi connectivity index (χ0n) is 43.5. The maximum atomic E-state index is 12.9. The molecule has 64 heavy (non-hydrogen) atoms. The minimum atomic E-state index is -4.59. The van der Waals surface area contributed by atoms with Crippen LogP contribution in [0.3, 0.4) is 0 Å². The lowest BCUT2D eigenvalue weighted by atomic mass is 10.0. The van der Waals surface area contributed by atoms with E-state index in [0.717, 1.165) is 38.5 Å². The summed E-state index contributed by atoms with van der Waals surface area (Å²) in [6.07, 6.45) is 57.0. The third-order valence-electron chi connectivity index (χ3n) is 13.0. The molecule has 0 saturated heterocycles. The quantitative estimate of drug-likeness (QED) is 0.0272. The molecule has 0 aromatic rings. The Bertz CT molecular complexity index is 1050. The van der Waals surface area contributed by atoms with Gasteiger partial charge >= 0.3 is 0 Å². The van der Waals surface area contributed by atoms with Crippen LogP contribution in [0.25, 0.3) is 0 Å². The molecule has 3 unspecified atom stereocenters. The SMILES string of the molecule is CCCCCCCCCCCCCCCCCCCC/C=C/C(O)C(COP(=O)([O-])OCC[N+](C)(C)C)NC(=O)CCCCCCCCCCCCCCCCCCCCCCCC. The Morgan fingerprint density at radius 3 is 1.17 bits per heavy atom. The highest BCUT2D eigenvalue weighted by atomic mass is 31.2. The van der Waals surface area contributed by atoms with Crippen molar-refractivity contribution in [3.63, 3.8) is 0 Å². The highest BCUT2D eigenvalue weighted by molar-refractivity contribution is 7.45. The minimum absolute atomic E-state index is 0.00265. The number of rotatable bonds is 52. The maximum absolute atomic E-state index is 12.9. The molecule has 8 nitrogen and oxygen atoms in total. The molecule has 0 aromatic heterocycles. The van der Waals surface area contributed by atoms with E-state index in [1.54, 1.807) is 6.08 Å². The van der Waals surface area contributed by atoms with Crippen molar-refractivity contribution < 1.29 is 32.9 Å². The van der Waals surface area contributed by atoms with Crippen molar-refractivity contribution in [2.75, 3.05) is 40.9 Å². The number of carbonyl (C=O) groups excluding carboxylic acids is 1. The Morgan fingerprint density at radius 2 is 0.844 bits per heavy atom. The van der Waals surface area contributed by atoms with Crippen LogP contribution in [0.1, 0.15) is 284 Å². The second-order valence-electron chi connectivity index (χ2n) is 20.7. The number of hydrogen-bond acceptors (Lipinski definition) is 6. The van der Waals surface area contributed by atoms with E-state index in [1.807, 2.05) is 27.2 Å². The molecule has 0 saturated carbocycles. The van der Waals surface area contributed by atoms with Crippen molar-refractivity contribution in [3.8, 4) is 0 Å². The van der Waals surface area contributed by atoms with Gasteiger partial charge in [-0.2, -0.15) is 0 Å². The molecule has 0 rings (SSSR count). The molecule has 0 bridgehead atoms. The summed E-state index contributed by atoms with van der Waals surface area (Å²) in [6, 6.07) is -0.881. The third-order valence-corrected chi connectivity index (χ3v) is 14.0. The van der Waals surface area contributed by atoms with E-state index < -0.39 is 20.0 Å². The van der Waals surface area contributed by atoms with Gasteiger partial charge in [-0.25, -0.2) is 0 Å². The lowest BCUT2D eigenvalue weighted by Crippen LogP contribution is -2.45. The van der Waals surface area contributed by atoms with Gasteiger partial charge in [0.1, 0.15) is 13.2 Å². The van der Waals surface area contributed by atoms with Crippen molar-refractivity contribution in [1.82, 2.24) is 5.32 Å². The molecule has 3 atom stereocenters. The highest BCUT2D eigenvalue weighted by Gasteiger charge is 2.23. The molecule has 382 valence electrons. The number of nitrogens with one attached hydrogen (secondary N) is 1. The van der Waals surface area contributed by atoms with Crippen LogP contribution in [0, 0.1) is 0 Å². The molecule has 0 fully saturated rings. The summed E-state index contributed by atoms with van der Waals surface area (Å²) >= 11 is 0. The van der Waals surface area contributed by atoms with Crippen molar-refractivity contribution in [2.24, 2.45) is 0 Å². The number of aliphatic hydroxyl groups is 1. The van der Waals surface area contributed by atoms with Gasteiger partial charge in [-0.3, -0.25) is 9.36 Å². The van der Waals surface area contributed by atoms with Gasteiger partial charge in [-0.05, 0) is 19.3 Å². The third kappa shape index (κ3) is 49.2. The lowest BCUT2D eigenvalue weighted by Gasteiger charge is -2.29. The number of nitrogens with zero attached hydrogens (tertiary/aromatic N) is 1. The molecular weight excluding hydrogens is 816 g/mol. The first-order chi connectivity index (χ1) is 31.0. The van der Waals surface area contributed by atoms with Gasteiger partial charge in [0.05, 0.1) is 39.9 Å². The Hall–Kier alpha value is -0.760. The number of aliphatic hydroxyl groups excluding tert-OH is 1. The molecule has 0 aliphatic heterocycles. The molecule has 0 heterocycles. The van der Waals surface area contributed by atoms with Crippen molar-refractivity contribution in [3.05, 3.63) is 12.2 Å². The van der Waals surface area contributed by atoms with Gasteiger partial charge in [0.2, 0.25) is 5.91 Å². The molecule has 9 heteroatoms. The number of amides is 1. The van der Waals surface area contributed by atoms with Gasteiger partial charge in [-0.15, -0.1) is 0 Å². The van der Waals surface area contributed by atoms with Gasteiger partial charge in [0.15, 0.2) is 0 Å². The normalized spacial score (nSPS) is 14.0. The predicted molar refractivity (Wildman–Crippen MR) is 275 cm³/mol. The van der Waals surface area contributed by atoms with E-state index >= 15 is 0 Å². The topological polar surface area (TPSA) is 108 Å². The van der Waals surface area contributed by atoms with Crippen LogP contribution >= 0.6 is 7.82 Å². The largest absolute Gasteiger partial charge is 0.756 e. The van der Waals surface area contributed by atoms with Crippen molar-refractivity contribution in [1.29, 1.82) is 0 Å². The molecule has 0 spiro atoms. The van der Waals surface area contributed by atoms with Crippen LogP contribution in [0.15, 0.2) is 12.2 Å². The van der Waals surface area contributed by atoms with Crippen LogP contribution in [0.4, 0.5) is 0 Å².